The quantitative estimate of drug-likeness (QED) is 0.671. The molecule has 30 heavy (non-hydrogen) atoms. The molecule has 160 valence electrons. The van der Waals surface area contributed by atoms with Gasteiger partial charge in [0.15, 0.2) is 0 Å². The van der Waals surface area contributed by atoms with Crippen molar-refractivity contribution >= 4 is 34.8 Å². The van der Waals surface area contributed by atoms with E-state index in [9.17, 15) is 4.79 Å². The van der Waals surface area contributed by atoms with Gasteiger partial charge in [0.25, 0.3) is 0 Å². The van der Waals surface area contributed by atoms with Crippen LogP contribution in [0, 0.1) is 12.8 Å². The van der Waals surface area contributed by atoms with Gasteiger partial charge in [-0.05, 0) is 55.6 Å². The van der Waals surface area contributed by atoms with E-state index in [0.717, 1.165) is 74.3 Å². The average Bonchev–Trinajstić information content (AvgIpc) is 2.77. The minimum Gasteiger partial charge on any atom is -0.368 e. The molecule has 1 amide bonds. The number of anilines is 1. The van der Waals surface area contributed by atoms with E-state index in [2.05, 4.69) is 33.8 Å². The minimum atomic E-state index is 0.0840. The van der Waals surface area contributed by atoms with Crippen LogP contribution in [0.25, 0.3) is 0 Å². The Morgan fingerprint density at radius 1 is 1.03 bits per heavy atom. The number of hydrogen-bond acceptors (Lipinski definition) is 3. The zero-order valence-corrected chi connectivity index (χ0v) is 19.0. The van der Waals surface area contributed by atoms with Crippen LogP contribution in [-0.2, 0) is 11.3 Å². The number of carbonyl (C=O) groups excluding carboxylic acids is 1. The monoisotopic (exact) mass is 445 g/mol. The average molecular weight is 446 g/mol. The van der Waals surface area contributed by atoms with Crippen LogP contribution in [-0.4, -0.2) is 55.0 Å². The fourth-order valence-electron chi connectivity index (χ4n) is 4.62. The van der Waals surface area contributed by atoms with Crippen LogP contribution in [0.3, 0.4) is 0 Å². The van der Waals surface area contributed by atoms with Gasteiger partial charge in [-0.2, -0.15) is 0 Å². The van der Waals surface area contributed by atoms with Gasteiger partial charge in [0.1, 0.15) is 0 Å². The van der Waals surface area contributed by atoms with E-state index in [1.54, 1.807) is 0 Å². The lowest BCUT2D eigenvalue weighted by atomic mass is 9.95. The van der Waals surface area contributed by atoms with E-state index in [-0.39, 0.29) is 5.92 Å². The summed E-state index contributed by atoms with van der Waals surface area (Å²) in [5, 5.41) is 1.56. The molecule has 2 saturated heterocycles. The van der Waals surface area contributed by atoms with Gasteiger partial charge >= 0.3 is 0 Å². The normalized spacial score (nSPS) is 20.4. The molecule has 2 heterocycles. The number of piperazine rings is 1. The molecule has 0 aromatic heterocycles. The number of halogens is 2. The summed E-state index contributed by atoms with van der Waals surface area (Å²) in [6, 6.07) is 14.0. The van der Waals surface area contributed by atoms with Crippen LogP contribution in [0.5, 0.6) is 0 Å². The van der Waals surface area contributed by atoms with Crippen molar-refractivity contribution in [2.75, 3.05) is 44.2 Å². The molecule has 0 aliphatic carbocycles. The van der Waals surface area contributed by atoms with E-state index in [1.165, 1.54) is 11.3 Å². The molecule has 1 atom stereocenters. The molecule has 2 aliphatic heterocycles. The second-order valence-corrected chi connectivity index (χ2v) is 9.25. The largest absolute Gasteiger partial charge is 0.368 e. The molecule has 6 heteroatoms. The smallest absolute Gasteiger partial charge is 0.227 e. The lowest BCUT2D eigenvalue weighted by Gasteiger charge is -2.40. The number of benzene rings is 2. The van der Waals surface area contributed by atoms with Crippen molar-refractivity contribution in [2.45, 2.75) is 26.3 Å². The fourth-order valence-corrected chi connectivity index (χ4v) is 4.98. The van der Waals surface area contributed by atoms with Gasteiger partial charge in [-0.1, -0.05) is 47.5 Å². The lowest BCUT2D eigenvalue weighted by Crippen LogP contribution is -2.52. The molecule has 2 aromatic carbocycles. The summed E-state index contributed by atoms with van der Waals surface area (Å²) in [5.41, 5.74) is 3.54. The predicted molar refractivity (Wildman–Crippen MR) is 124 cm³/mol. The summed E-state index contributed by atoms with van der Waals surface area (Å²) in [4.78, 5) is 20.0. The van der Waals surface area contributed by atoms with Crippen molar-refractivity contribution in [3.8, 4) is 0 Å². The Morgan fingerprint density at radius 3 is 2.57 bits per heavy atom. The van der Waals surface area contributed by atoms with Gasteiger partial charge in [0, 0.05) is 55.0 Å². The zero-order chi connectivity index (χ0) is 21.1. The van der Waals surface area contributed by atoms with Gasteiger partial charge in [0.05, 0.1) is 5.92 Å². The molecule has 2 aromatic rings. The van der Waals surface area contributed by atoms with Crippen LogP contribution in [0.2, 0.25) is 10.0 Å². The first-order valence-corrected chi connectivity index (χ1v) is 11.5. The summed E-state index contributed by atoms with van der Waals surface area (Å²) in [6.45, 7) is 8.00. The Balaban J connectivity index is 1.33. The molecule has 2 aliphatic rings. The standard InChI is InChI=1S/C24H29Cl2N3O/c1-18-8-9-21(25)15-23(18)28-11-13-29(14-12-28)24(30)20-6-4-10-27(17-20)16-19-5-2-3-7-22(19)26/h2-3,5,7-9,15,20H,4,6,10-14,16-17H2,1H3. The van der Waals surface area contributed by atoms with Crippen molar-refractivity contribution in [1.29, 1.82) is 0 Å². The second-order valence-electron chi connectivity index (χ2n) is 8.41. The number of amides is 1. The maximum atomic E-state index is 13.2. The topological polar surface area (TPSA) is 26.8 Å². The molecule has 0 N–H and O–H groups in total. The number of piperidine rings is 1. The third-order valence-electron chi connectivity index (χ3n) is 6.31. The molecule has 4 rings (SSSR count). The summed E-state index contributed by atoms with van der Waals surface area (Å²) in [5.74, 6) is 0.391. The molecule has 1 unspecified atom stereocenters. The summed E-state index contributed by atoms with van der Waals surface area (Å²) >= 11 is 12.5. The van der Waals surface area contributed by atoms with Crippen LogP contribution in [0.1, 0.15) is 24.0 Å². The number of likely N-dealkylation sites (tertiary alicyclic amines) is 1. The van der Waals surface area contributed by atoms with Crippen molar-refractivity contribution in [3.63, 3.8) is 0 Å². The van der Waals surface area contributed by atoms with Crippen LogP contribution in [0.15, 0.2) is 42.5 Å². The Hall–Kier alpha value is -1.75. The van der Waals surface area contributed by atoms with Gasteiger partial charge in [-0.3, -0.25) is 9.69 Å². The van der Waals surface area contributed by atoms with Gasteiger partial charge in [-0.25, -0.2) is 0 Å². The van der Waals surface area contributed by atoms with E-state index < -0.39 is 0 Å². The first-order chi connectivity index (χ1) is 14.5. The molecule has 4 nitrogen and oxygen atoms in total. The Kier molecular flexibility index (Phi) is 6.87. The summed E-state index contributed by atoms with van der Waals surface area (Å²) < 4.78 is 0. The zero-order valence-electron chi connectivity index (χ0n) is 17.5. The summed E-state index contributed by atoms with van der Waals surface area (Å²) in [7, 11) is 0. The highest BCUT2D eigenvalue weighted by molar-refractivity contribution is 6.31. The Bertz CT molecular complexity index is 896. The summed E-state index contributed by atoms with van der Waals surface area (Å²) in [6.07, 6.45) is 2.04. The van der Waals surface area contributed by atoms with E-state index in [4.69, 9.17) is 23.2 Å². The highest BCUT2D eigenvalue weighted by Gasteiger charge is 2.31. The number of nitrogens with zero attached hydrogens (tertiary/aromatic N) is 3. The molecule has 0 spiro atoms. The van der Waals surface area contributed by atoms with Crippen molar-refractivity contribution in [2.24, 2.45) is 5.92 Å². The molecule has 2 fully saturated rings. The highest BCUT2D eigenvalue weighted by Crippen LogP contribution is 2.27. The van der Waals surface area contributed by atoms with Crippen LogP contribution >= 0.6 is 23.2 Å². The van der Waals surface area contributed by atoms with E-state index in [0.29, 0.717) is 5.91 Å². The number of hydrogen-bond donors (Lipinski definition) is 0. The highest BCUT2D eigenvalue weighted by atomic mass is 35.5. The van der Waals surface area contributed by atoms with Gasteiger partial charge in [-0.15, -0.1) is 0 Å². The molecule has 0 radical (unpaired) electrons. The number of aryl methyl sites for hydroxylation is 1. The first-order valence-electron chi connectivity index (χ1n) is 10.8. The van der Waals surface area contributed by atoms with Crippen molar-refractivity contribution in [1.82, 2.24) is 9.80 Å². The SMILES string of the molecule is Cc1ccc(Cl)cc1N1CCN(C(=O)C2CCCN(Cc3ccccc3Cl)C2)CC1. The van der Waals surface area contributed by atoms with E-state index in [1.807, 2.05) is 30.3 Å². The predicted octanol–water partition coefficient (Wildman–Crippen LogP) is 4.86. The maximum Gasteiger partial charge on any atom is 0.227 e. The Labute approximate surface area is 189 Å². The third-order valence-corrected chi connectivity index (χ3v) is 6.91. The first kappa shape index (κ1) is 21.5. The minimum absolute atomic E-state index is 0.0840. The maximum absolute atomic E-state index is 13.2. The lowest BCUT2D eigenvalue weighted by molar-refractivity contribution is -0.137. The number of rotatable bonds is 4. The molecular weight excluding hydrogens is 417 g/mol. The Morgan fingerprint density at radius 2 is 1.80 bits per heavy atom. The van der Waals surface area contributed by atoms with Crippen molar-refractivity contribution < 1.29 is 4.79 Å². The number of carbonyl (C=O) groups is 1. The van der Waals surface area contributed by atoms with Gasteiger partial charge in [0.2, 0.25) is 5.91 Å². The van der Waals surface area contributed by atoms with Crippen molar-refractivity contribution in [3.05, 3.63) is 63.6 Å². The van der Waals surface area contributed by atoms with E-state index >= 15 is 0 Å². The fraction of sp³-hybridized carbons (Fsp3) is 0.458. The van der Waals surface area contributed by atoms with Crippen LogP contribution < -0.4 is 4.90 Å². The molecule has 0 bridgehead atoms. The van der Waals surface area contributed by atoms with Gasteiger partial charge < -0.3 is 9.80 Å². The molecule has 0 saturated carbocycles. The third kappa shape index (κ3) is 4.93. The molecular formula is C24H29Cl2N3O. The second kappa shape index (κ2) is 9.59. The van der Waals surface area contributed by atoms with Crippen LogP contribution in [0.4, 0.5) is 5.69 Å².